The molecule has 1 rings (SSSR count). The molecule has 4 nitrogen and oxygen atoms in total. The van der Waals surface area contributed by atoms with E-state index in [0.717, 1.165) is 25.9 Å². The highest BCUT2D eigenvalue weighted by molar-refractivity contribution is 5.81. The third kappa shape index (κ3) is 2.45. The molecule has 2 atom stereocenters. The Balaban J connectivity index is 2.45. The minimum absolute atomic E-state index is 0.132. The average molecular weight is 200 g/mol. The Labute approximate surface area is 85.6 Å². The van der Waals surface area contributed by atoms with Crippen molar-refractivity contribution in [2.24, 2.45) is 0 Å². The van der Waals surface area contributed by atoms with Crippen LogP contribution in [0.15, 0.2) is 0 Å². The van der Waals surface area contributed by atoms with Gasteiger partial charge >= 0.3 is 0 Å². The molecule has 1 amide bonds. The molecule has 1 saturated heterocycles. The molecule has 2 unspecified atom stereocenters. The van der Waals surface area contributed by atoms with E-state index in [4.69, 9.17) is 4.74 Å². The number of hydrogen-bond acceptors (Lipinski definition) is 3. The standard InChI is InChI=1S/C10H20N2O2/c1-4-9(14-3)10(13)12-6-5-8(7-12)11-2/h8-9,11H,4-7H2,1-3H3. The van der Waals surface area contributed by atoms with E-state index in [2.05, 4.69) is 5.32 Å². The summed E-state index contributed by atoms with van der Waals surface area (Å²) in [4.78, 5) is 13.7. The molecule has 0 aliphatic carbocycles. The zero-order valence-corrected chi connectivity index (χ0v) is 9.25. The van der Waals surface area contributed by atoms with Crippen LogP contribution in [-0.4, -0.2) is 50.2 Å². The summed E-state index contributed by atoms with van der Waals surface area (Å²) in [6, 6.07) is 0.452. The normalized spacial score (nSPS) is 23.9. The first-order chi connectivity index (χ1) is 6.72. The molecule has 1 aliphatic rings. The van der Waals surface area contributed by atoms with Crippen molar-refractivity contribution in [3.8, 4) is 0 Å². The second kappa shape index (κ2) is 5.32. The highest BCUT2D eigenvalue weighted by Gasteiger charge is 2.29. The van der Waals surface area contributed by atoms with Gasteiger partial charge in [-0.2, -0.15) is 0 Å². The van der Waals surface area contributed by atoms with E-state index in [9.17, 15) is 4.79 Å². The highest BCUT2D eigenvalue weighted by Crippen LogP contribution is 2.12. The monoisotopic (exact) mass is 200 g/mol. The number of likely N-dealkylation sites (tertiary alicyclic amines) is 1. The quantitative estimate of drug-likeness (QED) is 0.706. The molecule has 0 aromatic carbocycles. The van der Waals surface area contributed by atoms with Crippen molar-refractivity contribution in [3.63, 3.8) is 0 Å². The number of ether oxygens (including phenoxy) is 1. The van der Waals surface area contributed by atoms with Gasteiger partial charge in [0.15, 0.2) is 0 Å². The lowest BCUT2D eigenvalue weighted by Crippen LogP contribution is -2.40. The van der Waals surface area contributed by atoms with Gasteiger partial charge in [0.1, 0.15) is 6.10 Å². The van der Waals surface area contributed by atoms with Gasteiger partial charge in [-0.05, 0) is 19.9 Å². The Bertz CT molecular complexity index is 193. The van der Waals surface area contributed by atoms with E-state index in [-0.39, 0.29) is 12.0 Å². The van der Waals surface area contributed by atoms with Crippen molar-refractivity contribution >= 4 is 5.91 Å². The van der Waals surface area contributed by atoms with Crippen LogP contribution < -0.4 is 5.32 Å². The highest BCUT2D eigenvalue weighted by atomic mass is 16.5. The first-order valence-electron chi connectivity index (χ1n) is 5.21. The van der Waals surface area contributed by atoms with Crippen LogP contribution in [0.4, 0.5) is 0 Å². The van der Waals surface area contributed by atoms with Crippen molar-refractivity contribution in [1.29, 1.82) is 0 Å². The maximum atomic E-state index is 11.8. The largest absolute Gasteiger partial charge is 0.372 e. The number of hydrogen-bond donors (Lipinski definition) is 1. The minimum atomic E-state index is -0.259. The van der Waals surface area contributed by atoms with Crippen LogP contribution in [0.1, 0.15) is 19.8 Å². The van der Waals surface area contributed by atoms with E-state index < -0.39 is 0 Å². The van der Waals surface area contributed by atoms with Crippen LogP contribution in [0.25, 0.3) is 0 Å². The zero-order chi connectivity index (χ0) is 10.6. The Morgan fingerprint density at radius 2 is 2.43 bits per heavy atom. The number of amides is 1. The summed E-state index contributed by atoms with van der Waals surface area (Å²) in [5.41, 5.74) is 0. The fourth-order valence-corrected chi connectivity index (χ4v) is 1.84. The van der Waals surface area contributed by atoms with E-state index in [1.54, 1.807) is 7.11 Å². The van der Waals surface area contributed by atoms with E-state index in [1.807, 2.05) is 18.9 Å². The number of methoxy groups -OCH3 is 1. The number of likely N-dealkylation sites (N-methyl/N-ethyl adjacent to an activating group) is 1. The molecule has 0 aromatic rings. The summed E-state index contributed by atoms with van der Waals surface area (Å²) in [6.07, 6.45) is 1.53. The molecule has 0 saturated carbocycles. The topological polar surface area (TPSA) is 41.6 Å². The Morgan fingerprint density at radius 3 is 2.86 bits per heavy atom. The molecule has 1 heterocycles. The summed E-state index contributed by atoms with van der Waals surface area (Å²) in [5.74, 6) is 0.132. The van der Waals surface area contributed by atoms with E-state index in [0.29, 0.717) is 6.04 Å². The maximum Gasteiger partial charge on any atom is 0.251 e. The van der Waals surface area contributed by atoms with Crippen LogP contribution in [0.3, 0.4) is 0 Å². The minimum Gasteiger partial charge on any atom is -0.372 e. The molecule has 1 N–H and O–H groups in total. The molecule has 0 radical (unpaired) electrons. The summed E-state index contributed by atoms with van der Waals surface area (Å²) < 4.78 is 5.13. The SMILES string of the molecule is CCC(OC)C(=O)N1CCC(NC)C1. The Morgan fingerprint density at radius 1 is 1.71 bits per heavy atom. The predicted octanol–water partition coefficient (Wildman–Crippen LogP) is 0.232. The van der Waals surface area contributed by atoms with Crippen LogP contribution >= 0.6 is 0 Å². The van der Waals surface area contributed by atoms with Gasteiger partial charge < -0.3 is 15.0 Å². The molecule has 0 bridgehead atoms. The Hall–Kier alpha value is -0.610. The predicted molar refractivity (Wildman–Crippen MR) is 55.1 cm³/mol. The van der Waals surface area contributed by atoms with Gasteiger partial charge in [-0.1, -0.05) is 6.92 Å². The van der Waals surface area contributed by atoms with Crippen molar-refractivity contribution in [1.82, 2.24) is 10.2 Å². The number of rotatable bonds is 4. The molecular formula is C10H20N2O2. The first-order valence-corrected chi connectivity index (χ1v) is 5.21. The number of nitrogens with one attached hydrogen (secondary N) is 1. The summed E-state index contributed by atoms with van der Waals surface area (Å²) in [6.45, 7) is 3.64. The molecule has 4 heteroatoms. The molecule has 14 heavy (non-hydrogen) atoms. The summed E-state index contributed by atoms with van der Waals surface area (Å²) >= 11 is 0. The number of carbonyl (C=O) groups is 1. The Kier molecular flexibility index (Phi) is 4.35. The van der Waals surface area contributed by atoms with Crippen molar-refractivity contribution in [2.45, 2.75) is 31.9 Å². The maximum absolute atomic E-state index is 11.8. The lowest BCUT2D eigenvalue weighted by atomic mass is 10.2. The summed E-state index contributed by atoms with van der Waals surface area (Å²) in [5, 5.41) is 3.19. The van der Waals surface area contributed by atoms with Crippen molar-refractivity contribution in [2.75, 3.05) is 27.2 Å². The van der Waals surface area contributed by atoms with Gasteiger partial charge in [0, 0.05) is 26.2 Å². The van der Waals surface area contributed by atoms with E-state index in [1.165, 1.54) is 0 Å². The van der Waals surface area contributed by atoms with Crippen LogP contribution in [-0.2, 0) is 9.53 Å². The first kappa shape index (κ1) is 11.5. The number of carbonyl (C=O) groups excluding carboxylic acids is 1. The average Bonchev–Trinajstić information content (AvgIpc) is 2.67. The van der Waals surface area contributed by atoms with Gasteiger partial charge in [-0.25, -0.2) is 0 Å². The van der Waals surface area contributed by atoms with Crippen molar-refractivity contribution in [3.05, 3.63) is 0 Å². The van der Waals surface area contributed by atoms with Gasteiger partial charge in [-0.15, -0.1) is 0 Å². The van der Waals surface area contributed by atoms with E-state index >= 15 is 0 Å². The third-order valence-corrected chi connectivity index (χ3v) is 2.84. The second-order valence-electron chi connectivity index (χ2n) is 3.69. The molecule has 0 spiro atoms. The zero-order valence-electron chi connectivity index (χ0n) is 9.25. The van der Waals surface area contributed by atoms with Gasteiger partial charge in [0.25, 0.3) is 5.91 Å². The fraction of sp³-hybridized carbons (Fsp3) is 0.900. The summed E-state index contributed by atoms with van der Waals surface area (Å²) in [7, 11) is 3.53. The van der Waals surface area contributed by atoms with Crippen LogP contribution in [0.2, 0.25) is 0 Å². The fourth-order valence-electron chi connectivity index (χ4n) is 1.84. The lowest BCUT2D eigenvalue weighted by molar-refractivity contribution is -0.141. The van der Waals surface area contributed by atoms with Gasteiger partial charge in [0.05, 0.1) is 0 Å². The second-order valence-corrected chi connectivity index (χ2v) is 3.69. The van der Waals surface area contributed by atoms with Gasteiger partial charge in [0.2, 0.25) is 0 Å². The molecule has 0 aromatic heterocycles. The van der Waals surface area contributed by atoms with Gasteiger partial charge in [-0.3, -0.25) is 4.79 Å². The van der Waals surface area contributed by atoms with Crippen LogP contribution in [0.5, 0.6) is 0 Å². The molecule has 82 valence electrons. The van der Waals surface area contributed by atoms with Crippen molar-refractivity contribution < 1.29 is 9.53 Å². The van der Waals surface area contributed by atoms with Crippen LogP contribution in [0, 0.1) is 0 Å². The number of nitrogens with zero attached hydrogens (tertiary/aromatic N) is 1. The molecular weight excluding hydrogens is 180 g/mol. The smallest absolute Gasteiger partial charge is 0.251 e. The molecule has 1 fully saturated rings. The lowest BCUT2D eigenvalue weighted by Gasteiger charge is -2.21. The molecule has 1 aliphatic heterocycles. The third-order valence-electron chi connectivity index (χ3n) is 2.84.